The maximum absolute atomic E-state index is 13.2. The smallest absolute Gasteiger partial charge is 0.223 e. The molecule has 4 saturated carbocycles. The minimum Gasteiger partial charge on any atom is -0.390 e. The summed E-state index contributed by atoms with van der Waals surface area (Å²) < 4.78 is 0. The van der Waals surface area contributed by atoms with E-state index in [4.69, 9.17) is 0 Å². The fourth-order valence-electron chi connectivity index (χ4n) is 7.60. The minimum absolute atomic E-state index is 0.0953. The van der Waals surface area contributed by atoms with Crippen LogP contribution in [0.4, 0.5) is 0 Å². The average Bonchev–Trinajstić information content (AvgIpc) is 2.66. The highest BCUT2D eigenvalue weighted by molar-refractivity contribution is 5.77. The Bertz CT molecular complexity index is 765. The number of hydrogen-bond acceptors (Lipinski definition) is 2. The second-order valence-corrected chi connectivity index (χ2v) is 11.6. The van der Waals surface area contributed by atoms with Crippen LogP contribution in [-0.2, 0) is 11.3 Å². The van der Waals surface area contributed by atoms with Gasteiger partial charge in [0.25, 0.3) is 0 Å². The van der Waals surface area contributed by atoms with Crippen molar-refractivity contribution in [1.29, 1.82) is 0 Å². The van der Waals surface area contributed by atoms with Gasteiger partial charge < -0.3 is 14.9 Å². The lowest BCUT2D eigenvalue weighted by molar-refractivity contribution is -0.917. The van der Waals surface area contributed by atoms with Crippen LogP contribution < -0.4 is 4.90 Å². The second kappa shape index (κ2) is 7.63. The number of aliphatic hydroxyl groups is 1. The van der Waals surface area contributed by atoms with Crippen molar-refractivity contribution in [3.8, 4) is 0 Å². The zero-order valence-electron chi connectivity index (χ0n) is 18.8. The van der Waals surface area contributed by atoms with Crippen LogP contribution in [-0.4, -0.2) is 47.7 Å². The zero-order chi connectivity index (χ0) is 20.9. The molecule has 2 unspecified atom stereocenters. The van der Waals surface area contributed by atoms with Gasteiger partial charge in [0.1, 0.15) is 6.54 Å². The molecule has 4 heteroatoms. The molecule has 164 valence electrons. The summed E-state index contributed by atoms with van der Waals surface area (Å²) in [4.78, 5) is 16.9. The molecule has 1 aromatic rings. The predicted molar refractivity (Wildman–Crippen MR) is 118 cm³/mol. The maximum Gasteiger partial charge on any atom is 0.223 e. The van der Waals surface area contributed by atoms with Gasteiger partial charge in [-0.05, 0) is 67.3 Å². The molecule has 6 rings (SSSR count). The minimum atomic E-state index is -0.460. The summed E-state index contributed by atoms with van der Waals surface area (Å²) in [5, 5.41) is 11.0. The Morgan fingerprint density at radius 1 is 1.10 bits per heavy atom. The van der Waals surface area contributed by atoms with Crippen molar-refractivity contribution >= 4 is 5.91 Å². The standard InChI is InChI=1S/C26H38N2O2/c1-19(2)23-5-3-20(4-6-23)17-27-7-9-28(10-8-27)24(29)16-25-12-21-11-22(13-25)15-26(30,14-21)18-25/h3-6,19,21-22,30H,7-18H2,1-2H3/p+1/t21-,22+,25?,26?. The molecule has 1 aliphatic heterocycles. The molecule has 1 aromatic carbocycles. The van der Waals surface area contributed by atoms with E-state index < -0.39 is 5.60 Å². The molecule has 2 N–H and O–H groups in total. The normalized spacial score (nSPS) is 35.9. The Balaban J connectivity index is 1.14. The third-order valence-electron chi connectivity index (χ3n) is 8.60. The largest absolute Gasteiger partial charge is 0.390 e. The molecule has 4 nitrogen and oxygen atoms in total. The Hall–Kier alpha value is -1.39. The molecule has 0 aromatic heterocycles. The Morgan fingerprint density at radius 3 is 2.30 bits per heavy atom. The molecule has 4 atom stereocenters. The van der Waals surface area contributed by atoms with E-state index in [9.17, 15) is 9.90 Å². The van der Waals surface area contributed by atoms with Crippen molar-refractivity contribution in [2.24, 2.45) is 17.3 Å². The number of benzene rings is 1. The summed E-state index contributed by atoms with van der Waals surface area (Å²) in [6.45, 7) is 9.37. The molecular formula is C26H39N2O2+. The maximum atomic E-state index is 13.2. The van der Waals surface area contributed by atoms with Gasteiger partial charge in [-0.15, -0.1) is 0 Å². The summed E-state index contributed by atoms with van der Waals surface area (Å²) in [6.07, 6.45) is 7.16. The van der Waals surface area contributed by atoms with E-state index in [1.807, 2.05) is 0 Å². The molecule has 0 spiro atoms. The van der Waals surface area contributed by atoms with Crippen LogP contribution in [0.3, 0.4) is 0 Å². The van der Waals surface area contributed by atoms with Gasteiger partial charge in [0.15, 0.2) is 0 Å². The van der Waals surface area contributed by atoms with E-state index in [1.54, 1.807) is 4.90 Å². The third kappa shape index (κ3) is 4.05. The van der Waals surface area contributed by atoms with Gasteiger partial charge in [0.05, 0.1) is 31.8 Å². The number of nitrogens with zero attached hydrogens (tertiary/aromatic N) is 1. The van der Waals surface area contributed by atoms with Crippen LogP contribution in [0.1, 0.15) is 75.8 Å². The summed E-state index contributed by atoms with van der Waals surface area (Å²) in [5.41, 5.74) is 2.44. The highest BCUT2D eigenvalue weighted by Gasteiger charge is 2.57. The number of nitrogens with one attached hydrogen (secondary N) is 1. The molecule has 5 fully saturated rings. The van der Waals surface area contributed by atoms with Gasteiger partial charge in [-0.2, -0.15) is 0 Å². The lowest BCUT2D eigenvalue weighted by Crippen LogP contribution is -3.13. The lowest BCUT2D eigenvalue weighted by atomic mass is 9.47. The van der Waals surface area contributed by atoms with E-state index in [2.05, 4.69) is 43.0 Å². The molecule has 4 aliphatic carbocycles. The number of quaternary nitrogens is 1. The number of piperazine rings is 1. The van der Waals surface area contributed by atoms with Gasteiger partial charge in [-0.25, -0.2) is 0 Å². The molecule has 30 heavy (non-hydrogen) atoms. The third-order valence-corrected chi connectivity index (χ3v) is 8.60. The molecular weight excluding hydrogens is 372 g/mol. The van der Waals surface area contributed by atoms with Gasteiger partial charge in [-0.3, -0.25) is 4.79 Å². The first-order chi connectivity index (χ1) is 14.3. The number of amides is 1. The Labute approximate surface area is 181 Å². The molecule has 0 radical (unpaired) electrons. The molecule has 4 bridgehead atoms. The molecule has 1 heterocycles. The topological polar surface area (TPSA) is 45.0 Å². The van der Waals surface area contributed by atoms with Crippen LogP contribution in [0, 0.1) is 17.3 Å². The number of hydrogen-bond donors (Lipinski definition) is 2. The number of rotatable bonds is 5. The average molecular weight is 412 g/mol. The van der Waals surface area contributed by atoms with Crippen LogP contribution in [0.5, 0.6) is 0 Å². The number of carbonyl (C=O) groups excluding carboxylic acids is 1. The fourth-order valence-corrected chi connectivity index (χ4v) is 7.60. The van der Waals surface area contributed by atoms with E-state index >= 15 is 0 Å². The van der Waals surface area contributed by atoms with Crippen molar-refractivity contribution in [1.82, 2.24) is 4.90 Å². The van der Waals surface area contributed by atoms with E-state index in [1.165, 1.54) is 30.4 Å². The Kier molecular flexibility index (Phi) is 5.22. The van der Waals surface area contributed by atoms with Crippen molar-refractivity contribution in [2.75, 3.05) is 26.2 Å². The van der Waals surface area contributed by atoms with E-state index in [-0.39, 0.29) is 5.41 Å². The predicted octanol–water partition coefficient (Wildman–Crippen LogP) is 2.76. The SMILES string of the molecule is CC(C)c1ccc(C[NH+]2CCN(C(=O)CC34C[C@@H]5C[C@@H](CC(O)(C5)C3)C4)CC2)cc1. The highest BCUT2D eigenvalue weighted by atomic mass is 16.3. The van der Waals surface area contributed by atoms with Gasteiger partial charge in [-0.1, -0.05) is 38.1 Å². The van der Waals surface area contributed by atoms with Crippen molar-refractivity contribution in [3.63, 3.8) is 0 Å². The van der Waals surface area contributed by atoms with Crippen molar-refractivity contribution in [3.05, 3.63) is 35.4 Å². The van der Waals surface area contributed by atoms with Gasteiger partial charge in [0.2, 0.25) is 5.91 Å². The first-order valence-electron chi connectivity index (χ1n) is 12.2. The van der Waals surface area contributed by atoms with Gasteiger partial charge in [0, 0.05) is 12.0 Å². The molecule has 1 amide bonds. The van der Waals surface area contributed by atoms with E-state index in [0.29, 0.717) is 30.1 Å². The molecule has 1 saturated heterocycles. The van der Waals surface area contributed by atoms with Crippen LogP contribution in [0.15, 0.2) is 24.3 Å². The number of carbonyl (C=O) groups is 1. The van der Waals surface area contributed by atoms with Gasteiger partial charge >= 0.3 is 0 Å². The highest BCUT2D eigenvalue weighted by Crippen LogP contribution is 2.62. The summed E-state index contributed by atoms with van der Waals surface area (Å²) in [6, 6.07) is 9.08. The summed E-state index contributed by atoms with van der Waals surface area (Å²) in [5.74, 6) is 2.25. The van der Waals surface area contributed by atoms with E-state index in [0.717, 1.165) is 52.0 Å². The first kappa shape index (κ1) is 20.5. The quantitative estimate of drug-likeness (QED) is 0.783. The Morgan fingerprint density at radius 2 is 1.73 bits per heavy atom. The van der Waals surface area contributed by atoms with Crippen molar-refractivity contribution < 1.29 is 14.8 Å². The van der Waals surface area contributed by atoms with Crippen LogP contribution >= 0.6 is 0 Å². The van der Waals surface area contributed by atoms with Crippen LogP contribution in [0.2, 0.25) is 0 Å². The zero-order valence-corrected chi connectivity index (χ0v) is 18.8. The monoisotopic (exact) mass is 411 g/mol. The van der Waals surface area contributed by atoms with Crippen molar-refractivity contribution in [2.45, 2.75) is 76.9 Å². The fraction of sp³-hybridized carbons (Fsp3) is 0.731. The first-order valence-corrected chi connectivity index (χ1v) is 12.2. The summed E-state index contributed by atoms with van der Waals surface area (Å²) >= 11 is 0. The molecule has 5 aliphatic rings. The van der Waals surface area contributed by atoms with Crippen LogP contribution in [0.25, 0.3) is 0 Å². The summed E-state index contributed by atoms with van der Waals surface area (Å²) in [7, 11) is 0. The lowest BCUT2D eigenvalue weighted by Gasteiger charge is -2.60. The second-order valence-electron chi connectivity index (χ2n) is 11.6.